The minimum absolute atomic E-state index is 0.233. The Morgan fingerprint density at radius 3 is 2.88 bits per heavy atom. The van der Waals surface area contributed by atoms with Crippen molar-refractivity contribution in [2.45, 2.75) is 6.54 Å². The molecule has 0 amide bonds. The van der Waals surface area contributed by atoms with Crippen LogP contribution in [0.4, 0.5) is 10.1 Å². The summed E-state index contributed by atoms with van der Waals surface area (Å²) < 4.78 is 13.7. The van der Waals surface area contributed by atoms with Gasteiger partial charge in [-0.3, -0.25) is 0 Å². The molecule has 0 bridgehead atoms. The first kappa shape index (κ1) is 12.3. The fourth-order valence-electron chi connectivity index (χ4n) is 1.35. The molecule has 2 aromatic rings. The van der Waals surface area contributed by atoms with Crippen molar-refractivity contribution in [1.29, 1.82) is 5.26 Å². The molecular weight excluding hydrogens is 350 g/mol. The summed E-state index contributed by atoms with van der Waals surface area (Å²) in [6.07, 6.45) is 0. The van der Waals surface area contributed by atoms with E-state index in [9.17, 15) is 4.39 Å². The zero-order valence-corrected chi connectivity index (χ0v) is 11.7. The molecular formula is C12H8FIN2S. The molecule has 1 aromatic heterocycles. The Morgan fingerprint density at radius 1 is 1.41 bits per heavy atom. The Bertz CT molecular complexity index is 574. The second-order valence-corrected chi connectivity index (χ2v) is 5.55. The van der Waals surface area contributed by atoms with E-state index in [0.29, 0.717) is 12.1 Å². The van der Waals surface area contributed by atoms with E-state index in [-0.39, 0.29) is 5.82 Å². The molecule has 0 aliphatic carbocycles. The summed E-state index contributed by atoms with van der Waals surface area (Å²) in [5.74, 6) is -0.233. The smallest absolute Gasteiger partial charge is 0.124 e. The van der Waals surface area contributed by atoms with Crippen molar-refractivity contribution in [2.24, 2.45) is 0 Å². The number of hydrogen-bond acceptors (Lipinski definition) is 3. The largest absolute Gasteiger partial charge is 0.379 e. The van der Waals surface area contributed by atoms with E-state index in [1.54, 1.807) is 17.4 Å². The van der Waals surface area contributed by atoms with E-state index >= 15 is 0 Å². The molecule has 1 N–H and O–H groups in total. The van der Waals surface area contributed by atoms with Gasteiger partial charge in [0.15, 0.2) is 0 Å². The van der Waals surface area contributed by atoms with Gasteiger partial charge >= 0.3 is 0 Å². The summed E-state index contributed by atoms with van der Waals surface area (Å²) in [6.45, 7) is 0.647. The molecule has 1 heterocycles. The summed E-state index contributed by atoms with van der Waals surface area (Å²) in [5, 5.41) is 13.8. The van der Waals surface area contributed by atoms with Crippen molar-refractivity contribution in [2.75, 3.05) is 5.32 Å². The number of nitriles is 1. The molecule has 17 heavy (non-hydrogen) atoms. The maximum absolute atomic E-state index is 12.9. The van der Waals surface area contributed by atoms with Crippen molar-refractivity contribution < 1.29 is 4.39 Å². The Labute approximate surface area is 116 Å². The molecule has 0 radical (unpaired) electrons. The zero-order valence-electron chi connectivity index (χ0n) is 8.71. The molecule has 86 valence electrons. The van der Waals surface area contributed by atoms with Gasteiger partial charge in [-0.05, 0) is 46.9 Å². The van der Waals surface area contributed by atoms with Crippen LogP contribution in [0.25, 0.3) is 0 Å². The van der Waals surface area contributed by atoms with Crippen molar-refractivity contribution in [1.82, 2.24) is 0 Å². The van der Waals surface area contributed by atoms with E-state index < -0.39 is 0 Å². The third kappa shape index (κ3) is 3.17. The minimum atomic E-state index is -0.233. The maximum Gasteiger partial charge on any atom is 0.124 e. The zero-order chi connectivity index (χ0) is 12.3. The molecule has 2 nitrogen and oxygen atoms in total. The second-order valence-electron chi connectivity index (χ2n) is 3.39. The lowest BCUT2D eigenvalue weighted by Gasteiger charge is -2.07. The first-order valence-corrected chi connectivity index (χ1v) is 6.81. The summed E-state index contributed by atoms with van der Waals surface area (Å²) in [4.78, 5) is 1.08. The summed E-state index contributed by atoms with van der Waals surface area (Å²) in [5.41, 5.74) is 1.58. The summed E-state index contributed by atoms with van der Waals surface area (Å²) in [6, 6.07) is 8.58. The lowest BCUT2D eigenvalue weighted by atomic mass is 10.3. The molecule has 0 atom stereocenters. The monoisotopic (exact) mass is 358 g/mol. The van der Waals surface area contributed by atoms with Gasteiger partial charge in [-0.15, -0.1) is 11.3 Å². The van der Waals surface area contributed by atoms with Crippen LogP contribution in [-0.4, -0.2) is 0 Å². The molecule has 0 aliphatic heterocycles. The lowest BCUT2D eigenvalue weighted by molar-refractivity contribution is 0.627. The quantitative estimate of drug-likeness (QED) is 0.843. The summed E-state index contributed by atoms with van der Waals surface area (Å²) in [7, 11) is 0. The molecule has 0 saturated heterocycles. The first-order valence-electron chi connectivity index (χ1n) is 4.85. The molecule has 0 aliphatic rings. The Morgan fingerprint density at radius 2 is 2.24 bits per heavy atom. The van der Waals surface area contributed by atoms with Crippen molar-refractivity contribution in [3.8, 4) is 6.07 Å². The van der Waals surface area contributed by atoms with Crippen LogP contribution in [0, 0.1) is 20.7 Å². The van der Waals surface area contributed by atoms with Gasteiger partial charge in [0.05, 0.1) is 5.56 Å². The van der Waals surface area contributed by atoms with Crippen LogP contribution in [0.3, 0.4) is 0 Å². The molecule has 5 heteroatoms. The van der Waals surface area contributed by atoms with Crippen LogP contribution in [0.2, 0.25) is 0 Å². The molecule has 0 spiro atoms. The molecule has 1 aromatic carbocycles. The third-order valence-electron chi connectivity index (χ3n) is 2.17. The fraction of sp³-hybridized carbons (Fsp3) is 0.0833. The Hall–Kier alpha value is -1.13. The van der Waals surface area contributed by atoms with Gasteiger partial charge in [-0.2, -0.15) is 5.26 Å². The topological polar surface area (TPSA) is 35.8 Å². The van der Waals surface area contributed by atoms with Gasteiger partial charge in [0.2, 0.25) is 0 Å². The van der Waals surface area contributed by atoms with E-state index in [1.165, 1.54) is 12.1 Å². The van der Waals surface area contributed by atoms with Gasteiger partial charge in [0.25, 0.3) is 0 Å². The molecule has 2 rings (SSSR count). The van der Waals surface area contributed by atoms with Crippen molar-refractivity contribution >= 4 is 39.6 Å². The number of benzene rings is 1. The van der Waals surface area contributed by atoms with Crippen molar-refractivity contribution in [3.05, 3.63) is 49.5 Å². The van der Waals surface area contributed by atoms with Crippen LogP contribution in [0.5, 0.6) is 0 Å². The minimum Gasteiger partial charge on any atom is -0.379 e. The number of rotatable bonds is 3. The van der Waals surface area contributed by atoms with Crippen molar-refractivity contribution in [3.63, 3.8) is 0 Å². The van der Waals surface area contributed by atoms with Gasteiger partial charge in [0.1, 0.15) is 11.9 Å². The average molecular weight is 358 g/mol. The van der Waals surface area contributed by atoms with E-state index in [2.05, 4.69) is 34.0 Å². The van der Waals surface area contributed by atoms with E-state index in [0.717, 1.165) is 14.1 Å². The Kier molecular flexibility index (Phi) is 3.97. The van der Waals surface area contributed by atoms with E-state index in [4.69, 9.17) is 5.26 Å². The molecule has 0 fully saturated rings. The normalized spacial score (nSPS) is 9.94. The maximum atomic E-state index is 12.9. The lowest BCUT2D eigenvalue weighted by Crippen LogP contribution is -1.99. The average Bonchev–Trinajstić information content (AvgIpc) is 2.76. The summed E-state index contributed by atoms with van der Waals surface area (Å²) >= 11 is 3.63. The third-order valence-corrected chi connectivity index (χ3v) is 4.00. The number of hydrogen-bond donors (Lipinski definition) is 1. The predicted octanol–water partition coefficient (Wildman–Crippen LogP) is 3.98. The van der Waals surface area contributed by atoms with E-state index in [1.807, 2.05) is 11.4 Å². The van der Waals surface area contributed by atoms with Crippen LogP contribution >= 0.6 is 33.9 Å². The number of anilines is 1. The van der Waals surface area contributed by atoms with Crippen LogP contribution in [0.15, 0.2) is 29.6 Å². The molecule has 0 saturated carbocycles. The van der Waals surface area contributed by atoms with Crippen LogP contribution in [0.1, 0.15) is 10.4 Å². The highest BCUT2D eigenvalue weighted by Gasteiger charge is 2.03. The first-order chi connectivity index (χ1) is 8.19. The second kappa shape index (κ2) is 5.47. The van der Waals surface area contributed by atoms with Gasteiger partial charge in [-0.1, -0.05) is 0 Å². The number of halogens is 2. The highest BCUT2D eigenvalue weighted by atomic mass is 127. The molecule has 0 unspecified atom stereocenters. The predicted molar refractivity (Wildman–Crippen MR) is 75.5 cm³/mol. The fourth-order valence-corrected chi connectivity index (χ4v) is 2.76. The highest BCUT2D eigenvalue weighted by Crippen LogP contribution is 2.21. The highest BCUT2D eigenvalue weighted by molar-refractivity contribution is 14.1. The SMILES string of the molecule is N#Cc1csc(CNc2ccc(F)cc2I)c1. The number of nitrogens with zero attached hydrogens (tertiary/aromatic N) is 1. The van der Waals surface area contributed by atoms with Crippen LogP contribution < -0.4 is 5.32 Å². The Balaban J connectivity index is 2.05. The van der Waals surface area contributed by atoms with Gasteiger partial charge in [-0.25, -0.2) is 4.39 Å². The van der Waals surface area contributed by atoms with Gasteiger partial charge < -0.3 is 5.32 Å². The number of thiophene rings is 1. The number of nitrogens with one attached hydrogen (secondary N) is 1. The standard InChI is InChI=1S/C12H8FIN2S/c13-9-1-2-12(11(14)4-9)16-6-10-3-8(5-15)7-17-10/h1-4,7,16H,6H2. The van der Waals surface area contributed by atoms with Crippen LogP contribution in [-0.2, 0) is 6.54 Å². The van der Waals surface area contributed by atoms with Gasteiger partial charge in [0, 0.05) is 26.1 Å².